The number of rotatable bonds is 6. The average molecular weight is 415 g/mol. The monoisotopic (exact) mass is 415 g/mol. The number of fused-ring (bicyclic) bond motifs is 1. The molecule has 6 nitrogen and oxygen atoms in total. The molecule has 0 aliphatic carbocycles. The molecule has 3 aromatic rings. The highest BCUT2D eigenvalue weighted by molar-refractivity contribution is 6.34. The zero-order valence-electron chi connectivity index (χ0n) is 17.2. The van der Waals surface area contributed by atoms with Crippen LogP contribution in [-0.4, -0.2) is 23.9 Å². The molecular weight excluding hydrogens is 394 g/mol. The van der Waals surface area contributed by atoms with Crippen LogP contribution in [0.15, 0.2) is 72.8 Å². The number of aryl methyl sites for hydroxylation is 1. The van der Waals surface area contributed by atoms with Crippen molar-refractivity contribution in [2.24, 2.45) is 0 Å². The predicted molar refractivity (Wildman–Crippen MR) is 116 cm³/mol. The number of nitrogens with zero attached hydrogens (tertiary/aromatic N) is 1. The van der Waals surface area contributed by atoms with Gasteiger partial charge in [0.2, 0.25) is 0 Å². The Morgan fingerprint density at radius 2 is 1.39 bits per heavy atom. The minimum atomic E-state index is -0.802. The highest BCUT2D eigenvalue weighted by Crippen LogP contribution is 2.29. The quantitative estimate of drug-likeness (QED) is 0.338. The van der Waals surface area contributed by atoms with Crippen molar-refractivity contribution >= 4 is 23.5 Å². The Morgan fingerprint density at radius 3 is 1.94 bits per heavy atom. The molecule has 1 aliphatic rings. The van der Waals surface area contributed by atoms with Crippen molar-refractivity contribution in [3.63, 3.8) is 0 Å². The Hall–Kier alpha value is -3.93. The lowest BCUT2D eigenvalue weighted by molar-refractivity contribution is -0.141. The van der Waals surface area contributed by atoms with Gasteiger partial charge in [-0.15, -0.1) is 0 Å². The summed E-state index contributed by atoms with van der Waals surface area (Å²) >= 11 is 0. The van der Waals surface area contributed by atoms with Gasteiger partial charge >= 0.3 is 5.97 Å². The Bertz CT molecular complexity index is 1100. The van der Waals surface area contributed by atoms with E-state index >= 15 is 0 Å². The molecule has 0 aromatic heterocycles. The Kier molecular flexibility index (Phi) is 5.54. The minimum Gasteiger partial charge on any atom is -0.479 e. The third-order valence-corrected chi connectivity index (χ3v) is 5.08. The van der Waals surface area contributed by atoms with E-state index in [1.807, 2.05) is 24.3 Å². The van der Waals surface area contributed by atoms with E-state index in [2.05, 4.69) is 6.92 Å². The van der Waals surface area contributed by atoms with E-state index in [4.69, 9.17) is 9.47 Å². The minimum absolute atomic E-state index is 0.294. The number of benzene rings is 3. The van der Waals surface area contributed by atoms with E-state index in [1.54, 1.807) is 55.5 Å². The first-order valence-electron chi connectivity index (χ1n) is 10.0. The van der Waals surface area contributed by atoms with Gasteiger partial charge in [0.05, 0.1) is 16.8 Å². The van der Waals surface area contributed by atoms with E-state index in [1.165, 1.54) is 5.56 Å². The summed E-state index contributed by atoms with van der Waals surface area (Å²) in [5.41, 5.74) is 2.34. The van der Waals surface area contributed by atoms with Crippen LogP contribution in [0.4, 0.5) is 5.69 Å². The molecular formula is C25H21NO5. The summed E-state index contributed by atoms with van der Waals surface area (Å²) in [5, 5.41) is 0. The lowest BCUT2D eigenvalue weighted by Gasteiger charge is -2.16. The number of amides is 2. The van der Waals surface area contributed by atoms with E-state index in [0.717, 1.165) is 11.3 Å². The van der Waals surface area contributed by atoms with Crippen molar-refractivity contribution in [3.05, 3.63) is 89.5 Å². The molecule has 0 spiro atoms. The summed E-state index contributed by atoms with van der Waals surface area (Å²) in [6, 6.07) is 20.5. The first-order valence-corrected chi connectivity index (χ1v) is 10.0. The Balaban J connectivity index is 1.41. The molecule has 2 amide bonds. The van der Waals surface area contributed by atoms with Gasteiger partial charge < -0.3 is 9.47 Å². The van der Waals surface area contributed by atoms with Crippen molar-refractivity contribution in [3.8, 4) is 11.5 Å². The van der Waals surface area contributed by atoms with Gasteiger partial charge in [0, 0.05) is 0 Å². The van der Waals surface area contributed by atoms with Gasteiger partial charge in [-0.2, -0.15) is 0 Å². The SMILES string of the molecule is CCc1ccc(OC(C)C(=O)Oc2ccc(N3C(=O)c4ccccc4C3=O)cc2)cc1. The molecule has 0 saturated heterocycles. The molecule has 0 saturated carbocycles. The lowest BCUT2D eigenvalue weighted by atomic mass is 10.1. The van der Waals surface area contributed by atoms with Crippen LogP contribution in [0.5, 0.6) is 11.5 Å². The fraction of sp³-hybridized carbons (Fsp3) is 0.160. The van der Waals surface area contributed by atoms with Gasteiger partial charge in [0.25, 0.3) is 11.8 Å². The van der Waals surface area contributed by atoms with E-state index in [0.29, 0.717) is 28.3 Å². The zero-order chi connectivity index (χ0) is 22.0. The van der Waals surface area contributed by atoms with Gasteiger partial charge in [0.1, 0.15) is 11.5 Å². The van der Waals surface area contributed by atoms with Crippen LogP contribution in [0.25, 0.3) is 0 Å². The van der Waals surface area contributed by atoms with Crippen molar-refractivity contribution in [2.45, 2.75) is 26.4 Å². The summed E-state index contributed by atoms with van der Waals surface area (Å²) in [5.74, 6) is -0.416. The highest BCUT2D eigenvalue weighted by atomic mass is 16.6. The molecule has 0 fully saturated rings. The maximum atomic E-state index is 12.6. The number of hydrogen-bond acceptors (Lipinski definition) is 5. The third-order valence-electron chi connectivity index (χ3n) is 5.08. The smallest absolute Gasteiger partial charge is 0.352 e. The zero-order valence-corrected chi connectivity index (χ0v) is 17.2. The molecule has 4 rings (SSSR count). The van der Waals surface area contributed by atoms with E-state index in [-0.39, 0.29) is 11.8 Å². The Morgan fingerprint density at radius 1 is 0.839 bits per heavy atom. The molecule has 0 bridgehead atoms. The van der Waals surface area contributed by atoms with Crippen LogP contribution in [0.2, 0.25) is 0 Å². The van der Waals surface area contributed by atoms with Gasteiger partial charge in [-0.1, -0.05) is 31.2 Å². The predicted octanol–water partition coefficient (Wildman–Crippen LogP) is 4.42. The van der Waals surface area contributed by atoms with Gasteiger partial charge in [-0.05, 0) is 67.4 Å². The summed E-state index contributed by atoms with van der Waals surface area (Å²) in [7, 11) is 0. The number of hydrogen-bond donors (Lipinski definition) is 0. The standard InChI is InChI=1S/C25H21NO5/c1-3-17-8-12-19(13-9-17)30-16(2)25(29)31-20-14-10-18(11-15-20)26-23(27)21-6-4-5-7-22(21)24(26)28/h4-16H,3H2,1-2H3. The second-order valence-electron chi connectivity index (χ2n) is 7.16. The summed E-state index contributed by atoms with van der Waals surface area (Å²) in [4.78, 5) is 38.6. The molecule has 6 heteroatoms. The fourth-order valence-corrected chi connectivity index (χ4v) is 3.34. The maximum absolute atomic E-state index is 12.6. The summed E-state index contributed by atoms with van der Waals surface area (Å²) in [6.45, 7) is 3.68. The maximum Gasteiger partial charge on any atom is 0.352 e. The molecule has 1 aliphatic heterocycles. The van der Waals surface area contributed by atoms with E-state index in [9.17, 15) is 14.4 Å². The summed E-state index contributed by atoms with van der Waals surface area (Å²) < 4.78 is 11.0. The number of anilines is 1. The van der Waals surface area contributed by atoms with Gasteiger partial charge in [0.15, 0.2) is 6.10 Å². The number of carbonyl (C=O) groups is 3. The molecule has 1 heterocycles. The van der Waals surface area contributed by atoms with E-state index < -0.39 is 12.1 Å². The second kappa shape index (κ2) is 8.44. The molecule has 1 atom stereocenters. The van der Waals surface area contributed by atoms with Crippen molar-refractivity contribution in [1.29, 1.82) is 0 Å². The largest absolute Gasteiger partial charge is 0.479 e. The normalized spacial score (nSPS) is 13.7. The van der Waals surface area contributed by atoms with Crippen LogP contribution in [0, 0.1) is 0 Å². The van der Waals surface area contributed by atoms with Crippen molar-refractivity contribution < 1.29 is 23.9 Å². The lowest BCUT2D eigenvalue weighted by Crippen LogP contribution is -2.29. The summed E-state index contributed by atoms with van der Waals surface area (Å²) in [6.07, 6.45) is 0.123. The number of imide groups is 1. The first kappa shape index (κ1) is 20.3. The molecule has 31 heavy (non-hydrogen) atoms. The van der Waals surface area contributed by atoms with Crippen molar-refractivity contribution in [1.82, 2.24) is 0 Å². The molecule has 3 aromatic carbocycles. The molecule has 1 unspecified atom stereocenters. The van der Waals surface area contributed by atoms with Crippen molar-refractivity contribution in [2.75, 3.05) is 4.90 Å². The van der Waals surface area contributed by atoms with Gasteiger partial charge in [-0.25, -0.2) is 9.69 Å². The molecule has 0 radical (unpaired) electrons. The van der Waals surface area contributed by atoms with Crippen LogP contribution < -0.4 is 14.4 Å². The molecule has 156 valence electrons. The van der Waals surface area contributed by atoms with Crippen LogP contribution in [0.3, 0.4) is 0 Å². The average Bonchev–Trinajstić information content (AvgIpc) is 3.05. The first-order chi connectivity index (χ1) is 15.0. The third kappa shape index (κ3) is 4.05. The number of ether oxygens (including phenoxy) is 2. The second-order valence-corrected chi connectivity index (χ2v) is 7.16. The van der Waals surface area contributed by atoms with Crippen LogP contribution in [0.1, 0.15) is 40.1 Å². The fourth-order valence-electron chi connectivity index (χ4n) is 3.34. The number of esters is 1. The Labute approximate surface area is 180 Å². The topological polar surface area (TPSA) is 72.9 Å². The number of carbonyl (C=O) groups excluding carboxylic acids is 3. The van der Waals surface area contributed by atoms with Crippen LogP contribution in [-0.2, 0) is 11.2 Å². The van der Waals surface area contributed by atoms with Crippen LogP contribution >= 0.6 is 0 Å². The van der Waals surface area contributed by atoms with Gasteiger partial charge in [-0.3, -0.25) is 9.59 Å². The molecule has 0 N–H and O–H groups in total. The highest BCUT2D eigenvalue weighted by Gasteiger charge is 2.36.